The molecule has 1 aliphatic carbocycles. The topological polar surface area (TPSA) is 20.2 Å². The van der Waals surface area contributed by atoms with Gasteiger partial charge in [-0.2, -0.15) is 6.07 Å². The van der Waals surface area contributed by atoms with E-state index in [4.69, 9.17) is 7.85 Å². The van der Waals surface area contributed by atoms with E-state index >= 15 is 0 Å². The molecule has 0 bridgehead atoms. The largest absolute Gasteiger partial charge is 0.393 e. The molecule has 1 aromatic heterocycles. The van der Waals surface area contributed by atoms with Crippen LogP contribution >= 0.6 is 11.3 Å². The van der Waals surface area contributed by atoms with Crippen molar-refractivity contribution in [2.75, 3.05) is 0 Å². The molecule has 1 N–H and O–H groups in total. The fourth-order valence-electron chi connectivity index (χ4n) is 2.73. The van der Waals surface area contributed by atoms with Crippen LogP contribution in [0.15, 0.2) is 12.1 Å². The van der Waals surface area contributed by atoms with Crippen molar-refractivity contribution in [3.8, 4) is 0 Å². The molecule has 2 rings (SSSR count). The second kappa shape index (κ2) is 6.68. The molecule has 1 saturated carbocycles. The van der Waals surface area contributed by atoms with Gasteiger partial charge in [-0.3, -0.25) is 0 Å². The molecule has 1 fully saturated rings. The average molecular weight is 308 g/mol. The van der Waals surface area contributed by atoms with Crippen molar-refractivity contribution >= 4 is 19.2 Å². The van der Waals surface area contributed by atoms with Crippen molar-refractivity contribution in [3.05, 3.63) is 22.4 Å². The Labute approximate surface area is 128 Å². The van der Waals surface area contributed by atoms with Crippen molar-refractivity contribution in [1.82, 2.24) is 0 Å². The van der Waals surface area contributed by atoms with Crippen LogP contribution < -0.4 is 0 Å². The van der Waals surface area contributed by atoms with Crippen molar-refractivity contribution in [3.63, 3.8) is 0 Å². The molecule has 1 nitrogen and oxygen atoms in total. The number of aliphatic hydroxyl groups is 1. The second-order valence-electron chi connectivity index (χ2n) is 4.57. The van der Waals surface area contributed by atoms with E-state index in [-0.39, 0.29) is 44.7 Å². The smallest absolute Gasteiger partial charge is 0.0658 e. The Bertz CT molecular complexity index is 304. The molecule has 4 atom stereocenters. The standard InChI is InChI=1S/C12H16BOS.Y/c1-8-5-12(14)11(7-13)10(8)6-9-3-2-4-15-9;/h2-3,8,10-12,14H,5-7H2,1H3;/q-1;. The molecule has 0 amide bonds. The van der Waals surface area contributed by atoms with Gasteiger partial charge in [0.25, 0.3) is 0 Å². The molecule has 83 valence electrons. The first kappa shape index (κ1) is 14.9. The van der Waals surface area contributed by atoms with E-state index in [1.165, 1.54) is 4.88 Å². The van der Waals surface area contributed by atoms with E-state index in [1.807, 2.05) is 6.07 Å². The van der Waals surface area contributed by atoms with Crippen molar-refractivity contribution in [1.29, 1.82) is 0 Å². The summed E-state index contributed by atoms with van der Waals surface area (Å²) in [5, 5.41) is 13.0. The van der Waals surface area contributed by atoms with E-state index in [2.05, 4.69) is 18.4 Å². The summed E-state index contributed by atoms with van der Waals surface area (Å²) in [7, 11) is 5.74. The normalized spacial score (nSPS) is 33.6. The Morgan fingerprint density at radius 1 is 1.56 bits per heavy atom. The number of rotatable bonds is 3. The van der Waals surface area contributed by atoms with Crippen LogP contribution in [0.1, 0.15) is 18.2 Å². The summed E-state index contributed by atoms with van der Waals surface area (Å²) in [6.07, 6.45) is 2.36. The van der Waals surface area contributed by atoms with Gasteiger partial charge in [-0.1, -0.05) is 19.7 Å². The van der Waals surface area contributed by atoms with Gasteiger partial charge < -0.3 is 16.4 Å². The van der Waals surface area contributed by atoms with E-state index in [9.17, 15) is 5.11 Å². The summed E-state index contributed by atoms with van der Waals surface area (Å²) in [4.78, 5) is 1.36. The SMILES string of the molecule is [B]CC1C(O)CC(C)C1Cc1cc[c-]s1.[Y]. The Morgan fingerprint density at radius 2 is 2.31 bits per heavy atom. The van der Waals surface area contributed by atoms with Gasteiger partial charge in [0.05, 0.1) is 14.0 Å². The second-order valence-corrected chi connectivity index (χ2v) is 5.53. The number of hydrogen-bond acceptors (Lipinski definition) is 2. The molecule has 1 aliphatic rings. The van der Waals surface area contributed by atoms with E-state index in [1.54, 1.807) is 11.3 Å². The van der Waals surface area contributed by atoms with Gasteiger partial charge in [-0.15, -0.1) is 10.3 Å². The average Bonchev–Trinajstić information content (AvgIpc) is 2.77. The maximum absolute atomic E-state index is 9.87. The molecule has 0 aliphatic heterocycles. The van der Waals surface area contributed by atoms with Crippen LogP contribution in [-0.4, -0.2) is 19.1 Å². The molecule has 1 heterocycles. The first-order chi connectivity index (χ1) is 7.22. The number of aliphatic hydroxyl groups excluding tert-OH is 1. The molecule has 3 radical (unpaired) electrons. The van der Waals surface area contributed by atoms with Crippen LogP contribution in [0, 0.1) is 23.1 Å². The monoisotopic (exact) mass is 308 g/mol. The van der Waals surface area contributed by atoms with Gasteiger partial charge in [0.2, 0.25) is 0 Å². The fraction of sp³-hybridized carbons (Fsp3) is 0.667. The summed E-state index contributed by atoms with van der Waals surface area (Å²) in [6, 6.07) is 4.09. The molecule has 16 heavy (non-hydrogen) atoms. The molecular weight excluding hydrogens is 292 g/mol. The molecule has 0 aromatic carbocycles. The zero-order valence-electron chi connectivity index (χ0n) is 9.60. The Balaban J connectivity index is 0.00000128. The predicted molar refractivity (Wildman–Crippen MR) is 64.2 cm³/mol. The van der Waals surface area contributed by atoms with Gasteiger partial charge >= 0.3 is 0 Å². The van der Waals surface area contributed by atoms with E-state index in [0.717, 1.165) is 12.8 Å². The fourth-order valence-corrected chi connectivity index (χ4v) is 3.43. The summed E-state index contributed by atoms with van der Waals surface area (Å²) < 4.78 is 0. The maximum atomic E-state index is 9.87. The minimum Gasteiger partial charge on any atom is -0.393 e. The van der Waals surface area contributed by atoms with Crippen molar-refractivity contribution in [2.45, 2.75) is 32.2 Å². The minimum absolute atomic E-state index is 0. The molecule has 1 aromatic rings. The molecular formula is C12H16BOSY-. The predicted octanol–water partition coefficient (Wildman–Crippen LogP) is 2.31. The van der Waals surface area contributed by atoms with Crippen LogP contribution in [0.4, 0.5) is 0 Å². The maximum Gasteiger partial charge on any atom is 0.0658 e. The molecule has 0 spiro atoms. The van der Waals surface area contributed by atoms with Crippen LogP contribution in [0.2, 0.25) is 6.32 Å². The molecule has 4 unspecified atom stereocenters. The van der Waals surface area contributed by atoms with Gasteiger partial charge in [0.15, 0.2) is 0 Å². The van der Waals surface area contributed by atoms with Crippen LogP contribution in [0.5, 0.6) is 0 Å². The van der Waals surface area contributed by atoms with E-state index < -0.39 is 0 Å². The van der Waals surface area contributed by atoms with Gasteiger partial charge in [-0.25, -0.2) is 6.07 Å². The van der Waals surface area contributed by atoms with Gasteiger partial charge in [0, 0.05) is 32.7 Å². The molecule has 4 heteroatoms. The van der Waals surface area contributed by atoms with Gasteiger partial charge in [-0.05, 0) is 24.2 Å². The Kier molecular flexibility index (Phi) is 6.21. The van der Waals surface area contributed by atoms with Crippen molar-refractivity contribution < 1.29 is 37.8 Å². The number of thiophene rings is 1. The first-order valence-corrected chi connectivity index (χ1v) is 6.37. The Morgan fingerprint density at radius 3 is 2.88 bits per heavy atom. The first-order valence-electron chi connectivity index (χ1n) is 5.55. The third-order valence-electron chi connectivity index (χ3n) is 3.62. The zero-order chi connectivity index (χ0) is 10.8. The summed E-state index contributed by atoms with van der Waals surface area (Å²) in [5.41, 5.74) is 0. The molecule has 0 saturated heterocycles. The van der Waals surface area contributed by atoms with Crippen LogP contribution in [0.3, 0.4) is 0 Å². The van der Waals surface area contributed by atoms with E-state index in [0.29, 0.717) is 18.2 Å². The van der Waals surface area contributed by atoms with Crippen LogP contribution in [0.25, 0.3) is 0 Å². The summed E-state index contributed by atoms with van der Waals surface area (Å²) in [6.45, 7) is 2.22. The minimum atomic E-state index is -0.195. The third-order valence-corrected chi connectivity index (χ3v) is 4.44. The van der Waals surface area contributed by atoms with Crippen LogP contribution in [-0.2, 0) is 39.1 Å². The van der Waals surface area contributed by atoms with Crippen molar-refractivity contribution in [2.24, 2.45) is 17.8 Å². The number of hydrogen-bond donors (Lipinski definition) is 1. The van der Waals surface area contributed by atoms with Gasteiger partial charge in [0.1, 0.15) is 0 Å². The summed E-state index contributed by atoms with van der Waals surface area (Å²) in [5.74, 6) is 1.40. The zero-order valence-corrected chi connectivity index (χ0v) is 13.3. The quantitative estimate of drug-likeness (QED) is 0.671. The summed E-state index contributed by atoms with van der Waals surface area (Å²) >= 11 is 1.68. The Hall–Kier alpha value is 0.829. The third kappa shape index (κ3) is 3.19.